The number of anilines is 6. The minimum atomic E-state index is -0.846. The Kier molecular flexibility index (Phi) is 12.0. The van der Waals surface area contributed by atoms with Crippen molar-refractivity contribution in [2.75, 3.05) is 9.80 Å². The first-order valence-electron chi connectivity index (χ1n) is 28.2. The fourth-order valence-corrected chi connectivity index (χ4v) is 13.8. The van der Waals surface area contributed by atoms with E-state index in [1.165, 1.54) is 24.3 Å². The molecule has 0 aliphatic heterocycles. The standard InChI is InChI=1S/C78H50F4N2O/c1-3-49-29-33-53(34-30-49)77(51-17-7-5-8-18-51)63-23-13-11-21-59(63)61-41-39-57(47-65(61)77)83(69-43-37-55(79)45-67(69)81)71-25-15-27-73-75(71)76-72(26-16-28-74(76)85-73)84(70-44-38-56(80)46-68(70)82)58-40-42-62-60-22-12-14-24-64(60)78(66(62)48-58,52-19-9-6-10-20-52)54-35-31-50(4-2)32-36-54/h3-48H,1-2H2. The molecule has 2 atom stereocenters. The number of benzene rings is 12. The van der Waals surface area contributed by atoms with Crippen LogP contribution in [-0.2, 0) is 10.8 Å². The van der Waals surface area contributed by atoms with E-state index in [9.17, 15) is 0 Å². The smallest absolute Gasteiger partial charge is 0.150 e. The number of hydrogen-bond acceptors (Lipinski definition) is 3. The molecule has 406 valence electrons. The summed E-state index contributed by atoms with van der Waals surface area (Å²) in [5, 5.41) is 1.13. The summed E-state index contributed by atoms with van der Waals surface area (Å²) in [6.45, 7) is 8.09. The van der Waals surface area contributed by atoms with E-state index in [0.29, 0.717) is 44.7 Å². The second-order valence-corrected chi connectivity index (χ2v) is 21.7. The van der Waals surface area contributed by atoms with Gasteiger partial charge in [0.15, 0.2) is 0 Å². The number of fused-ring (bicyclic) bond motifs is 9. The highest BCUT2D eigenvalue weighted by Gasteiger charge is 2.48. The van der Waals surface area contributed by atoms with Crippen LogP contribution in [0.25, 0.3) is 56.3 Å². The maximum absolute atomic E-state index is 17.2. The predicted octanol–water partition coefficient (Wildman–Crippen LogP) is 21.1. The van der Waals surface area contributed by atoms with E-state index in [2.05, 4.69) is 147 Å². The Hall–Kier alpha value is -10.8. The van der Waals surface area contributed by atoms with Gasteiger partial charge >= 0.3 is 0 Å². The summed E-state index contributed by atoms with van der Waals surface area (Å²) < 4.78 is 71.9. The zero-order valence-electron chi connectivity index (χ0n) is 45.8. The summed E-state index contributed by atoms with van der Waals surface area (Å²) in [4.78, 5) is 3.65. The van der Waals surface area contributed by atoms with E-state index in [4.69, 9.17) is 4.42 Å². The lowest BCUT2D eigenvalue weighted by atomic mass is 9.67. The molecule has 0 saturated heterocycles. The average molecular weight is 1110 g/mol. The molecule has 3 nitrogen and oxygen atoms in total. The van der Waals surface area contributed by atoms with Gasteiger partial charge in [0.05, 0.1) is 44.4 Å². The van der Waals surface area contributed by atoms with Crippen molar-refractivity contribution in [1.82, 2.24) is 0 Å². The molecule has 0 fully saturated rings. The molecule has 2 aliphatic carbocycles. The van der Waals surface area contributed by atoms with Crippen molar-refractivity contribution in [3.63, 3.8) is 0 Å². The highest BCUT2D eigenvalue weighted by Crippen LogP contribution is 2.60. The molecule has 0 spiro atoms. The van der Waals surface area contributed by atoms with Gasteiger partial charge in [-0.15, -0.1) is 0 Å². The Morgan fingerprint density at radius 1 is 0.318 bits per heavy atom. The van der Waals surface area contributed by atoms with Crippen LogP contribution in [0.3, 0.4) is 0 Å². The summed E-state index contributed by atoms with van der Waals surface area (Å²) in [6, 6.07) is 85.4. The third kappa shape index (κ3) is 7.73. The third-order valence-corrected chi connectivity index (χ3v) is 17.4. The summed E-state index contributed by atoms with van der Waals surface area (Å²) >= 11 is 0. The van der Waals surface area contributed by atoms with E-state index < -0.39 is 34.1 Å². The van der Waals surface area contributed by atoms with Gasteiger partial charge in [-0.3, -0.25) is 0 Å². The largest absolute Gasteiger partial charge is 0.456 e. The van der Waals surface area contributed by atoms with Crippen molar-refractivity contribution in [2.24, 2.45) is 0 Å². The molecule has 1 heterocycles. The van der Waals surface area contributed by atoms with E-state index in [-0.39, 0.29) is 11.4 Å². The van der Waals surface area contributed by atoms with Gasteiger partial charge in [-0.2, -0.15) is 0 Å². The van der Waals surface area contributed by atoms with Crippen LogP contribution < -0.4 is 9.80 Å². The lowest BCUT2D eigenvalue weighted by molar-refractivity contribution is 0.583. The first kappa shape index (κ1) is 51.1. The van der Waals surface area contributed by atoms with Crippen LogP contribution in [0.4, 0.5) is 51.7 Å². The molecule has 1 aromatic heterocycles. The predicted molar refractivity (Wildman–Crippen MR) is 338 cm³/mol. The Morgan fingerprint density at radius 2 is 0.694 bits per heavy atom. The maximum atomic E-state index is 17.2. The highest BCUT2D eigenvalue weighted by molar-refractivity contribution is 6.19. The summed E-state index contributed by atoms with van der Waals surface area (Å²) in [5.74, 6) is -3.05. The van der Waals surface area contributed by atoms with Crippen LogP contribution >= 0.6 is 0 Å². The van der Waals surface area contributed by atoms with E-state index in [0.717, 1.165) is 90.0 Å². The fraction of sp³-hybridized carbons (Fsp3) is 0.0256. The number of halogens is 4. The van der Waals surface area contributed by atoms with E-state index in [1.54, 1.807) is 0 Å². The van der Waals surface area contributed by atoms with Crippen molar-refractivity contribution in [1.29, 1.82) is 0 Å². The van der Waals surface area contributed by atoms with Crippen LogP contribution in [-0.4, -0.2) is 0 Å². The molecule has 0 radical (unpaired) electrons. The number of nitrogens with zero attached hydrogens (tertiary/aromatic N) is 2. The normalized spacial score (nSPS) is 15.5. The zero-order valence-corrected chi connectivity index (χ0v) is 45.8. The van der Waals surface area contributed by atoms with Crippen molar-refractivity contribution in [3.8, 4) is 22.3 Å². The monoisotopic (exact) mass is 1110 g/mol. The van der Waals surface area contributed by atoms with Crippen LogP contribution in [0.5, 0.6) is 0 Å². The van der Waals surface area contributed by atoms with Crippen molar-refractivity contribution in [2.45, 2.75) is 10.8 Å². The zero-order chi connectivity index (χ0) is 57.6. The first-order chi connectivity index (χ1) is 41.7. The fourth-order valence-electron chi connectivity index (χ4n) is 13.8. The van der Waals surface area contributed by atoms with Gasteiger partial charge in [-0.1, -0.05) is 207 Å². The molecule has 0 amide bonds. The van der Waals surface area contributed by atoms with Gasteiger partial charge in [0, 0.05) is 23.5 Å². The number of hydrogen-bond donors (Lipinski definition) is 0. The summed E-state index contributed by atoms with van der Waals surface area (Å²) in [5.41, 5.74) is 15.8. The molecule has 85 heavy (non-hydrogen) atoms. The topological polar surface area (TPSA) is 19.6 Å². The van der Waals surface area contributed by atoms with Gasteiger partial charge in [0.2, 0.25) is 0 Å². The molecule has 13 aromatic rings. The summed E-state index contributed by atoms with van der Waals surface area (Å²) in [6.07, 6.45) is 3.66. The Labute approximate surface area is 489 Å². The number of furan rings is 1. The average Bonchev–Trinajstić information content (AvgIpc) is 1.65. The van der Waals surface area contributed by atoms with Gasteiger partial charge in [0.25, 0.3) is 0 Å². The van der Waals surface area contributed by atoms with E-state index >= 15 is 17.6 Å². The first-order valence-corrected chi connectivity index (χ1v) is 28.2. The van der Waals surface area contributed by atoms with Crippen LogP contribution in [0.2, 0.25) is 0 Å². The van der Waals surface area contributed by atoms with Crippen LogP contribution in [0.1, 0.15) is 55.6 Å². The molecular formula is C78H50F4N2O. The molecule has 2 aliphatic rings. The molecule has 0 bridgehead atoms. The second kappa shape index (κ2) is 20.0. The van der Waals surface area contributed by atoms with Crippen LogP contribution in [0.15, 0.2) is 284 Å². The Morgan fingerprint density at radius 3 is 1.09 bits per heavy atom. The lowest BCUT2D eigenvalue weighted by Gasteiger charge is -2.35. The quantitative estimate of drug-likeness (QED) is 0.114. The maximum Gasteiger partial charge on any atom is 0.150 e. The highest BCUT2D eigenvalue weighted by atomic mass is 19.1. The minimum Gasteiger partial charge on any atom is -0.456 e. The molecule has 12 aromatic carbocycles. The Balaban J connectivity index is 1.00. The van der Waals surface area contributed by atoms with Gasteiger partial charge in [-0.25, -0.2) is 17.6 Å². The van der Waals surface area contributed by atoms with Crippen molar-refractivity contribution < 1.29 is 22.0 Å². The molecule has 2 unspecified atom stereocenters. The van der Waals surface area contributed by atoms with Gasteiger partial charge in [-0.05, 0) is 151 Å². The molecule has 0 N–H and O–H groups in total. The minimum absolute atomic E-state index is 0.0786. The third-order valence-electron chi connectivity index (χ3n) is 17.4. The number of rotatable bonds is 12. The molecule has 7 heteroatoms. The van der Waals surface area contributed by atoms with Gasteiger partial charge < -0.3 is 14.2 Å². The van der Waals surface area contributed by atoms with Crippen molar-refractivity contribution >= 4 is 68.2 Å². The molecule has 0 saturated carbocycles. The van der Waals surface area contributed by atoms with Crippen LogP contribution in [0, 0.1) is 23.3 Å². The van der Waals surface area contributed by atoms with E-state index in [1.807, 2.05) is 119 Å². The summed E-state index contributed by atoms with van der Waals surface area (Å²) in [7, 11) is 0. The Bertz CT molecular complexity index is 4520. The molecule has 15 rings (SSSR count). The van der Waals surface area contributed by atoms with Gasteiger partial charge in [0.1, 0.15) is 34.4 Å². The SMILES string of the molecule is C=Cc1ccc(C2(c3ccccc3)c3ccccc3-c3ccc(N(c4ccc(F)cc4F)c4cccc5oc6cccc(N(c7ccc8c(c7)C(c7ccccc7)(c7ccc(C=C)cc7)c7ccccc7-8)c7ccc(F)cc7F)c6c45)cc32)cc1. The second-order valence-electron chi connectivity index (χ2n) is 21.7. The van der Waals surface area contributed by atoms with Crippen molar-refractivity contribution in [3.05, 3.63) is 359 Å². The molecular weight excluding hydrogens is 1060 g/mol. The lowest BCUT2D eigenvalue weighted by Crippen LogP contribution is -2.28.